The van der Waals surface area contributed by atoms with Crippen molar-refractivity contribution in [3.05, 3.63) is 0 Å². The average molecular weight is 440 g/mol. The third kappa shape index (κ3) is 6.76. The zero-order valence-corrected chi connectivity index (χ0v) is 17.9. The Hall–Kier alpha value is -2.98. The molecule has 0 aromatic rings. The van der Waals surface area contributed by atoms with Gasteiger partial charge >= 0.3 is 17.9 Å². The van der Waals surface area contributed by atoms with Gasteiger partial charge in [0.2, 0.25) is 11.8 Å². The molecule has 11 nitrogen and oxygen atoms in total. The molecule has 2 N–H and O–H groups in total. The fourth-order valence-electron chi connectivity index (χ4n) is 3.30. The van der Waals surface area contributed by atoms with Crippen LogP contribution >= 0.6 is 0 Å². The number of carbonyl (C=O) groups is 6. The molecule has 1 atom stereocenters. The summed E-state index contributed by atoms with van der Waals surface area (Å²) in [5.74, 6) is -4.17. The molecule has 0 aromatic heterocycles. The Balaban J connectivity index is 0.000000224. The van der Waals surface area contributed by atoms with E-state index < -0.39 is 35.2 Å². The first-order valence-corrected chi connectivity index (χ1v) is 10.1. The zero-order valence-electron chi connectivity index (χ0n) is 17.9. The van der Waals surface area contributed by atoms with Crippen LogP contribution in [0.1, 0.15) is 51.9 Å². The van der Waals surface area contributed by atoms with Crippen LogP contribution in [0.4, 0.5) is 0 Å². The van der Waals surface area contributed by atoms with Crippen molar-refractivity contribution >= 4 is 35.5 Å². The molecule has 0 aromatic carbocycles. The molecule has 3 rings (SSSR count). The summed E-state index contributed by atoms with van der Waals surface area (Å²) in [6.07, 6.45) is 3.23. The number of nitrogens with one attached hydrogen (secondary N) is 2. The van der Waals surface area contributed by atoms with E-state index in [1.54, 1.807) is 6.92 Å². The summed E-state index contributed by atoms with van der Waals surface area (Å²) in [6.45, 7) is 1.93. The van der Waals surface area contributed by atoms with Gasteiger partial charge in [-0.3, -0.25) is 28.8 Å². The number of amides is 2. The van der Waals surface area contributed by atoms with Crippen LogP contribution in [0.3, 0.4) is 0 Å². The largest absolute Gasteiger partial charge is 0.469 e. The molecule has 3 fully saturated rings. The van der Waals surface area contributed by atoms with Crippen LogP contribution in [0.25, 0.3) is 0 Å². The van der Waals surface area contributed by atoms with Crippen LogP contribution in [0.2, 0.25) is 0 Å². The molecule has 3 aliphatic rings. The molecule has 2 amide bonds. The Kier molecular flexibility index (Phi) is 7.75. The van der Waals surface area contributed by atoms with Gasteiger partial charge in [0.1, 0.15) is 6.42 Å². The van der Waals surface area contributed by atoms with Gasteiger partial charge in [-0.15, -0.1) is 0 Å². The van der Waals surface area contributed by atoms with Crippen LogP contribution in [0.5, 0.6) is 0 Å². The maximum Gasteiger partial charge on any atom is 0.325 e. The molecule has 1 unspecified atom stereocenters. The lowest BCUT2D eigenvalue weighted by Crippen LogP contribution is -2.53. The number of piperidine rings is 1. The molecule has 11 heteroatoms. The highest BCUT2D eigenvalue weighted by molar-refractivity contribution is 6.18. The van der Waals surface area contributed by atoms with Crippen molar-refractivity contribution in [2.75, 3.05) is 20.8 Å². The summed E-state index contributed by atoms with van der Waals surface area (Å²) in [6, 6.07) is 0. The van der Waals surface area contributed by atoms with E-state index in [0.29, 0.717) is 0 Å². The summed E-state index contributed by atoms with van der Waals surface area (Å²) in [5, 5.41) is 5.38. The molecular formula is C20H28N2O9. The van der Waals surface area contributed by atoms with E-state index >= 15 is 0 Å². The van der Waals surface area contributed by atoms with Crippen molar-refractivity contribution < 1.29 is 43.0 Å². The first-order valence-electron chi connectivity index (χ1n) is 10.1. The Morgan fingerprint density at radius 2 is 1.68 bits per heavy atom. The minimum atomic E-state index is -1.24. The Bertz CT molecular complexity index is 749. The number of Topliss-reactive ketones (excluding diaryl/α,β-unsaturated/α-hetero) is 1. The molecule has 1 aliphatic heterocycles. The second-order valence-electron chi connectivity index (χ2n) is 7.93. The number of methoxy groups -OCH3 is 2. The second kappa shape index (κ2) is 9.88. The third-order valence-electron chi connectivity index (χ3n) is 5.35. The molecule has 1 heterocycles. The van der Waals surface area contributed by atoms with Gasteiger partial charge in [0.15, 0.2) is 11.7 Å². The number of hydrogen-bond donors (Lipinski definition) is 2. The maximum atomic E-state index is 11.5. The standard InChI is InChI=1S/C11H17NO5.C9H11NO4/c1-3-17-9(14)6-8(13)12-11(4-5-11)7-10(15)16-2;1-14-8(13)6-5(11)4-9(2-3-9)10-7(6)12/h3-7H2,1-2H3,(H,12,13);6H,2-4H2,1H3,(H,10,12). The molecule has 1 saturated heterocycles. The van der Waals surface area contributed by atoms with Crippen LogP contribution in [0, 0.1) is 5.92 Å². The van der Waals surface area contributed by atoms with Gasteiger partial charge in [0.25, 0.3) is 0 Å². The van der Waals surface area contributed by atoms with Crippen molar-refractivity contribution in [2.45, 2.75) is 62.9 Å². The maximum absolute atomic E-state index is 11.5. The molecule has 2 aliphatic carbocycles. The van der Waals surface area contributed by atoms with E-state index in [2.05, 4.69) is 24.8 Å². The van der Waals surface area contributed by atoms with Gasteiger partial charge in [0.05, 0.1) is 32.8 Å². The highest BCUT2D eigenvalue weighted by atomic mass is 16.5. The van der Waals surface area contributed by atoms with E-state index in [1.165, 1.54) is 14.2 Å². The van der Waals surface area contributed by atoms with Crippen LogP contribution in [-0.2, 0) is 43.0 Å². The van der Waals surface area contributed by atoms with Gasteiger partial charge in [0, 0.05) is 12.0 Å². The minimum absolute atomic E-state index is 0.151. The highest BCUT2D eigenvalue weighted by Gasteiger charge is 2.54. The lowest BCUT2D eigenvalue weighted by Gasteiger charge is -2.26. The molecule has 0 bridgehead atoms. The van der Waals surface area contributed by atoms with E-state index in [4.69, 9.17) is 0 Å². The lowest BCUT2D eigenvalue weighted by molar-refractivity contribution is -0.156. The molecular weight excluding hydrogens is 412 g/mol. The summed E-state index contributed by atoms with van der Waals surface area (Å²) >= 11 is 0. The quantitative estimate of drug-likeness (QED) is 0.304. The smallest absolute Gasteiger partial charge is 0.325 e. The van der Waals surface area contributed by atoms with Crippen molar-refractivity contribution in [2.24, 2.45) is 5.92 Å². The molecule has 31 heavy (non-hydrogen) atoms. The van der Waals surface area contributed by atoms with Gasteiger partial charge in [-0.05, 0) is 32.6 Å². The predicted molar refractivity (Wildman–Crippen MR) is 103 cm³/mol. The first-order chi connectivity index (χ1) is 14.6. The van der Waals surface area contributed by atoms with Crippen molar-refractivity contribution in [1.29, 1.82) is 0 Å². The topological polar surface area (TPSA) is 154 Å². The van der Waals surface area contributed by atoms with Gasteiger partial charge < -0.3 is 24.8 Å². The van der Waals surface area contributed by atoms with Crippen molar-refractivity contribution in [3.63, 3.8) is 0 Å². The second-order valence-corrected chi connectivity index (χ2v) is 7.93. The minimum Gasteiger partial charge on any atom is -0.469 e. The number of hydrogen-bond acceptors (Lipinski definition) is 9. The third-order valence-corrected chi connectivity index (χ3v) is 5.35. The number of ether oxygens (including phenoxy) is 3. The number of esters is 3. The summed E-state index contributed by atoms with van der Waals surface area (Å²) in [7, 11) is 2.48. The number of rotatable bonds is 7. The summed E-state index contributed by atoms with van der Waals surface area (Å²) in [4.78, 5) is 67.7. The highest BCUT2D eigenvalue weighted by Crippen LogP contribution is 2.42. The fraction of sp³-hybridized carbons (Fsp3) is 0.700. The summed E-state index contributed by atoms with van der Waals surface area (Å²) in [5.41, 5.74) is -0.824. The van der Waals surface area contributed by atoms with Crippen LogP contribution in [0.15, 0.2) is 0 Å². The SMILES string of the molecule is CCOC(=O)CC(=O)NC1(CC(=O)OC)CC1.COC(=O)C1C(=O)CC2(CC2)NC1=O. The number of ketones is 1. The van der Waals surface area contributed by atoms with Crippen LogP contribution in [-0.4, -0.2) is 67.4 Å². The van der Waals surface area contributed by atoms with E-state index in [-0.39, 0.29) is 43.2 Å². The first kappa shape index (κ1) is 24.3. The molecule has 2 saturated carbocycles. The average Bonchev–Trinajstić information content (AvgIpc) is 3.61. The van der Waals surface area contributed by atoms with E-state index in [1.807, 2.05) is 0 Å². The zero-order chi connectivity index (χ0) is 23.2. The lowest BCUT2D eigenvalue weighted by atomic mass is 9.91. The Labute approximate surface area is 179 Å². The van der Waals surface area contributed by atoms with Gasteiger partial charge in [-0.1, -0.05) is 0 Å². The number of carbonyl (C=O) groups excluding carboxylic acids is 6. The normalized spacial score (nSPS) is 21.6. The Morgan fingerprint density at radius 3 is 2.13 bits per heavy atom. The van der Waals surface area contributed by atoms with Gasteiger partial charge in [-0.25, -0.2) is 0 Å². The van der Waals surface area contributed by atoms with Gasteiger partial charge in [-0.2, -0.15) is 0 Å². The molecule has 0 radical (unpaired) electrons. The Morgan fingerprint density at radius 1 is 1.03 bits per heavy atom. The van der Waals surface area contributed by atoms with Crippen molar-refractivity contribution in [1.82, 2.24) is 10.6 Å². The fourth-order valence-corrected chi connectivity index (χ4v) is 3.30. The van der Waals surface area contributed by atoms with Crippen molar-refractivity contribution in [3.8, 4) is 0 Å². The summed E-state index contributed by atoms with van der Waals surface area (Å²) < 4.78 is 13.6. The predicted octanol–water partition coefficient (Wildman–Crippen LogP) is -0.451. The van der Waals surface area contributed by atoms with E-state index in [0.717, 1.165) is 25.7 Å². The molecule has 172 valence electrons. The molecule has 1 spiro atoms. The van der Waals surface area contributed by atoms with E-state index in [9.17, 15) is 28.8 Å². The monoisotopic (exact) mass is 440 g/mol. The van der Waals surface area contributed by atoms with Crippen LogP contribution < -0.4 is 10.6 Å².